The number of alkyl halides is 3. The average Bonchev–Trinajstić information content (AvgIpc) is 2.87. The van der Waals surface area contributed by atoms with Gasteiger partial charge in [-0.05, 0) is 24.1 Å². The fraction of sp³-hybridized carbons (Fsp3) is 0.333. The standard InChI is InChI=1S/C12H12F3N3S/c1-18(7-4-9-2-5-16-6-3-9)11-17-8-10(19-11)12(13,14)15/h2-3,5-6,8H,4,7H2,1H3. The highest BCUT2D eigenvalue weighted by Gasteiger charge is 2.33. The second-order valence-corrected chi connectivity index (χ2v) is 5.04. The van der Waals surface area contributed by atoms with Crippen molar-refractivity contribution in [3.8, 4) is 0 Å². The Kier molecular flexibility index (Phi) is 4.04. The van der Waals surface area contributed by atoms with E-state index in [1.807, 2.05) is 12.1 Å². The molecule has 0 unspecified atom stereocenters. The number of likely N-dealkylation sites (N-methyl/N-ethyl adjacent to an activating group) is 1. The van der Waals surface area contributed by atoms with Crippen LogP contribution in [-0.4, -0.2) is 23.6 Å². The second-order valence-electron chi connectivity index (χ2n) is 4.03. The smallest absolute Gasteiger partial charge is 0.351 e. The Morgan fingerprint density at radius 1 is 1.26 bits per heavy atom. The average molecular weight is 287 g/mol. The summed E-state index contributed by atoms with van der Waals surface area (Å²) in [6, 6.07) is 3.77. The molecule has 19 heavy (non-hydrogen) atoms. The van der Waals surface area contributed by atoms with Crippen LogP contribution in [0.15, 0.2) is 30.7 Å². The summed E-state index contributed by atoms with van der Waals surface area (Å²) in [5.74, 6) is 0. The molecule has 0 fully saturated rings. The number of aromatic nitrogens is 2. The summed E-state index contributed by atoms with van der Waals surface area (Å²) in [4.78, 5) is 8.77. The van der Waals surface area contributed by atoms with Gasteiger partial charge in [0.15, 0.2) is 5.13 Å². The molecule has 0 amide bonds. The zero-order chi connectivity index (χ0) is 13.9. The Morgan fingerprint density at radius 2 is 1.95 bits per heavy atom. The third-order valence-electron chi connectivity index (χ3n) is 2.58. The molecule has 2 heterocycles. The molecular formula is C12H12F3N3S. The van der Waals surface area contributed by atoms with Gasteiger partial charge in [0, 0.05) is 26.0 Å². The molecule has 0 saturated carbocycles. The molecule has 102 valence electrons. The Morgan fingerprint density at radius 3 is 2.53 bits per heavy atom. The maximum absolute atomic E-state index is 12.5. The van der Waals surface area contributed by atoms with Crippen LogP contribution in [0.1, 0.15) is 10.4 Å². The minimum absolute atomic E-state index is 0.376. The molecule has 0 aliphatic heterocycles. The maximum atomic E-state index is 12.5. The van der Waals surface area contributed by atoms with E-state index in [1.54, 1.807) is 24.3 Å². The van der Waals surface area contributed by atoms with E-state index in [9.17, 15) is 13.2 Å². The van der Waals surface area contributed by atoms with E-state index >= 15 is 0 Å². The van der Waals surface area contributed by atoms with Crippen molar-refractivity contribution in [2.45, 2.75) is 12.6 Å². The summed E-state index contributed by atoms with van der Waals surface area (Å²) in [7, 11) is 1.74. The van der Waals surface area contributed by atoms with Crippen molar-refractivity contribution in [2.24, 2.45) is 0 Å². The minimum Gasteiger partial charge on any atom is -0.351 e. The van der Waals surface area contributed by atoms with Crippen LogP contribution in [0.4, 0.5) is 18.3 Å². The quantitative estimate of drug-likeness (QED) is 0.864. The maximum Gasteiger partial charge on any atom is 0.427 e. The van der Waals surface area contributed by atoms with Crippen molar-refractivity contribution in [1.29, 1.82) is 0 Å². The van der Waals surface area contributed by atoms with Crippen molar-refractivity contribution in [3.63, 3.8) is 0 Å². The van der Waals surface area contributed by atoms with E-state index in [2.05, 4.69) is 9.97 Å². The van der Waals surface area contributed by atoms with Crippen molar-refractivity contribution in [2.75, 3.05) is 18.5 Å². The van der Waals surface area contributed by atoms with Gasteiger partial charge < -0.3 is 4.90 Å². The van der Waals surface area contributed by atoms with Gasteiger partial charge in [-0.25, -0.2) is 4.98 Å². The van der Waals surface area contributed by atoms with Crippen molar-refractivity contribution in [1.82, 2.24) is 9.97 Å². The number of hydrogen-bond donors (Lipinski definition) is 0. The summed E-state index contributed by atoms with van der Waals surface area (Å²) >= 11 is 0.661. The van der Waals surface area contributed by atoms with Crippen LogP contribution in [-0.2, 0) is 12.6 Å². The molecule has 0 spiro atoms. The van der Waals surface area contributed by atoms with Crippen LogP contribution in [0.2, 0.25) is 0 Å². The molecule has 0 bridgehead atoms. The van der Waals surface area contributed by atoms with Crippen molar-refractivity contribution >= 4 is 16.5 Å². The lowest BCUT2D eigenvalue weighted by atomic mass is 10.2. The van der Waals surface area contributed by atoms with Gasteiger partial charge in [-0.3, -0.25) is 4.98 Å². The SMILES string of the molecule is CN(CCc1ccncc1)c1ncc(C(F)(F)F)s1. The summed E-state index contributed by atoms with van der Waals surface area (Å²) < 4.78 is 37.4. The van der Waals surface area contributed by atoms with E-state index in [1.165, 1.54) is 0 Å². The number of halogens is 3. The lowest BCUT2D eigenvalue weighted by molar-refractivity contribution is -0.134. The van der Waals surface area contributed by atoms with Gasteiger partial charge in [-0.1, -0.05) is 11.3 Å². The fourth-order valence-electron chi connectivity index (χ4n) is 1.51. The van der Waals surface area contributed by atoms with Gasteiger partial charge >= 0.3 is 6.18 Å². The first-order chi connectivity index (χ1) is 8.97. The summed E-state index contributed by atoms with van der Waals surface area (Å²) in [5, 5.41) is 0.376. The molecule has 0 saturated heterocycles. The minimum atomic E-state index is -4.32. The number of rotatable bonds is 4. The predicted molar refractivity (Wildman–Crippen MR) is 68.3 cm³/mol. The largest absolute Gasteiger partial charge is 0.427 e. The molecule has 0 aromatic carbocycles. The Balaban J connectivity index is 1.97. The van der Waals surface area contributed by atoms with Gasteiger partial charge in [0.1, 0.15) is 4.88 Å². The van der Waals surface area contributed by atoms with E-state index in [4.69, 9.17) is 0 Å². The second kappa shape index (κ2) is 5.56. The molecule has 7 heteroatoms. The highest BCUT2D eigenvalue weighted by Crippen LogP contribution is 2.35. The first kappa shape index (κ1) is 13.8. The molecule has 0 N–H and O–H groups in total. The Hall–Kier alpha value is -1.63. The first-order valence-corrected chi connectivity index (χ1v) is 6.41. The van der Waals surface area contributed by atoms with E-state index < -0.39 is 11.1 Å². The van der Waals surface area contributed by atoms with E-state index in [0.717, 1.165) is 18.2 Å². The highest BCUT2D eigenvalue weighted by molar-refractivity contribution is 7.15. The molecule has 2 aromatic heterocycles. The first-order valence-electron chi connectivity index (χ1n) is 5.60. The molecule has 0 atom stereocenters. The third kappa shape index (κ3) is 3.66. The molecular weight excluding hydrogens is 275 g/mol. The number of pyridine rings is 1. The van der Waals surface area contributed by atoms with Crippen LogP contribution in [0, 0.1) is 0 Å². The van der Waals surface area contributed by atoms with Crippen LogP contribution < -0.4 is 4.90 Å². The molecule has 0 aliphatic carbocycles. The third-order valence-corrected chi connectivity index (χ3v) is 3.74. The zero-order valence-electron chi connectivity index (χ0n) is 10.2. The van der Waals surface area contributed by atoms with Gasteiger partial charge in [0.2, 0.25) is 0 Å². The fourth-order valence-corrected chi connectivity index (χ4v) is 2.28. The van der Waals surface area contributed by atoms with Crippen molar-refractivity contribution in [3.05, 3.63) is 41.2 Å². The summed E-state index contributed by atoms with van der Waals surface area (Å²) in [5.41, 5.74) is 1.09. The van der Waals surface area contributed by atoms with Crippen LogP contribution in [0.25, 0.3) is 0 Å². The summed E-state index contributed by atoms with van der Waals surface area (Å²) in [6.07, 6.45) is 0.686. The van der Waals surface area contributed by atoms with Gasteiger partial charge in [-0.15, -0.1) is 0 Å². The zero-order valence-corrected chi connectivity index (χ0v) is 11.0. The molecule has 2 aromatic rings. The predicted octanol–water partition coefficient (Wildman–Crippen LogP) is 3.24. The summed E-state index contributed by atoms with van der Waals surface area (Å²) in [6.45, 7) is 0.606. The van der Waals surface area contributed by atoms with E-state index in [0.29, 0.717) is 23.0 Å². The Bertz CT molecular complexity index is 525. The molecule has 3 nitrogen and oxygen atoms in total. The van der Waals surface area contributed by atoms with Crippen LogP contribution in [0.5, 0.6) is 0 Å². The Labute approximate surface area is 112 Å². The molecule has 0 radical (unpaired) electrons. The van der Waals surface area contributed by atoms with Gasteiger partial charge in [0.05, 0.1) is 6.20 Å². The topological polar surface area (TPSA) is 29.0 Å². The van der Waals surface area contributed by atoms with E-state index in [-0.39, 0.29) is 0 Å². The number of hydrogen-bond acceptors (Lipinski definition) is 4. The highest BCUT2D eigenvalue weighted by atomic mass is 32.1. The normalized spacial score (nSPS) is 11.6. The van der Waals surface area contributed by atoms with Crippen LogP contribution in [0.3, 0.4) is 0 Å². The number of thiazole rings is 1. The van der Waals surface area contributed by atoms with Gasteiger partial charge in [0.25, 0.3) is 0 Å². The molecule has 0 aliphatic rings. The van der Waals surface area contributed by atoms with Crippen LogP contribution >= 0.6 is 11.3 Å². The van der Waals surface area contributed by atoms with Crippen molar-refractivity contribution < 1.29 is 13.2 Å². The number of nitrogens with zero attached hydrogens (tertiary/aromatic N) is 3. The lowest BCUT2D eigenvalue weighted by Crippen LogP contribution is -2.19. The number of anilines is 1. The molecule has 2 rings (SSSR count). The lowest BCUT2D eigenvalue weighted by Gasteiger charge is -2.15. The van der Waals surface area contributed by atoms with Gasteiger partial charge in [-0.2, -0.15) is 13.2 Å². The monoisotopic (exact) mass is 287 g/mol.